The standard InChI is InChI=1S/C26H46O4/c1-3-5-6-7-8-9-10-11-12-13-14-15-16-17-18-19-20-21-24(23-25(27)28)26(29)30-22-4-2/h4,11-12,24H,2-3,5-10,13-23H2,1H3,(H,27,28)/b12-11+. The Labute approximate surface area is 185 Å². The van der Waals surface area contributed by atoms with Crippen LogP contribution in [0.5, 0.6) is 0 Å². The van der Waals surface area contributed by atoms with E-state index in [1.54, 1.807) is 0 Å². The van der Waals surface area contributed by atoms with Crippen molar-refractivity contribution in [3.05, 3.63) is 24.8 Å². The molecule has 0 aliphatic carbocycles. The van der Waals surface area contributed by atoms with Crippen molar-refractivity contribution in [2.75, 3.05) is 6.61 Å². The number of carbonyl (C=O) groups is 2. The number of esters is 1. The molecule has 1 N–H and O–H groups in total. The molecule has 1 atom stereocenters. The third kappa shape index (κ3) is 19.7. The van der Waals surface area contributed by atoms with E-state index in [1.165, 1.54) is 83.1 Å². The summed E-state index contributed by atoms with van der Waals surface area (Å²) in [5, 5.41) is 8.97. The second-order valence-electron chi connectivity index (χ2n) is 8.29. The van der Waals surface area contributed by atoms with E-state index in [2.05, 4.69) is 25.7 Å². The van der Waals surface area contributed by atoms with Gasteiger partial charge in [0.1, 0.15) is 6.61 Å². The van der Waals surface area contributed by atoms with Gasteiger partial charge < -0.3 is 9.84 Å². The highest BCUT2D eigenvalue weighted by molar-refractivity contribution is 5.79. The smallest absolute Gasteiger partial charge is 0.309 e. The minimum absolute atomic E-state index is 0.142. The Morgan fingerprint density at radius 3 is 1.83 bits per heavy atom. The van der Waals surface area contributed by atoms with Gasteiger partial charge in [-0.2, -0.15) is 0 Å². The van der Waals surface area contributed by atoms with Crippen molar-refractivity contribution >= 4 is 11.9 Å². The minimum Gasteiger partial charge on any atom is -0.481 e. The first-order valence-corrected chi connectivity index (χ1v) is 12.3. The predicted octanol–water partition coefficient (Wildman–Crippen LogP) is 7.62. The molecule has 0 heterocycles. The molecule has 4 heteroatoms. The summed E-state index contributed by atoms with van der Waals surface area (Å²) in [6, 6.07) is 0. The van der Waals surface area contributed by atoms with Crippen LogP contribution in [0.25, 0.3) is 0 Å². The Hall–Kier alpha value is -1.58. The summed E-state index contributed by atoms with van der Waals surface area (Å²) in [4.78, 5) is 22.8. The van der Waals surface area contributed by atoms with E-state index in [1.807, 2.05) is 0 Å². The minimum atomic E-state index is -0.948. The van der Waals surface area contributed by atoms with Crippen LogP contribution in [0.3, 0.4) is 0 Å². The summed E-state index contributed by atoms with van der Waals surface area (Å²) in [7, 11) is 0. The third-order valence-electron chi connectivity index (χ3n) is 5.41. The number of carboxylic acids is 1. The fourth-order valence-electron chi connectivity index (χ4n) is 3.59. The van der Waals surface area contributed by atoms with Crippen LogP contribution in [-0.4, -0.2) is 23.7 Å². The Balaban J connectivity index is 3.54. The topological polar surface area (TPSA) is 63.6 Å². The van der Waals surface area contributed by atoms with Crippen LogP contribution in [0.15, 0.2) is 24.8 Å². The van der Waals surface area contributed by atoms with Crippen LogP contribution in [0.4, 0.5) is 0 Å². The van der Waals surface area contributed by atoms with E-state index < -0.39 is 17.9 Å². The lowest BCUT2D eigenvalue weighted by atomic mass is 9.97. The van der Waals surface area contributed by atoms with Crippen LogP contribution in [0.1, 0.15) is 116 Å². The number of aliphatic carboxylic acids is 1. The average molecular weight is 423 g/mol. The summed E-state index contributed by atoms with van der Waals surface area (Å²) in [5.41, 5.74) is 0. The number of hydrogen-bond donors (Lipinski definition) is 1. The number of rotatable bonds is 22. The van der Waals surface area contributed by atoms with Crippen LogP contribution < -0.4 is 0 Å². The van der Waals surface area contributed by atoms with Gasteiger partial charge in [-0.3, -0.25) is 9.59 Å². The summed E-state index contributed by atoms with van der Waals surface area (Å²) in [6.45, 7) is 5.91. The zero-order chi connectivity index (χ0) is 22.3. The second-order valence-corrected chi connectivity index (χ2v) is 8.29. The molecule has 1 unspecified atom stereocenters. The van der Waals surface area contributed by atoms with Crippen LogP contribution in [0.2, 0.25) is 0 Å². The second kappa shape index (κ2) is 22.1. The molecule has 0 bridgehead atoms. The molecule has 0 radical (unpaired) electrons. The highest BCUT2D eigenvalue weighted by atomic mass is 16.5. The molecule has 0 aliphatic rings. The van der Waals surface area contributed by atoms with Gasteiger partial charge in [-0.1, -0.05) is 102 Å². The Kier molecular flexibility index (Phi) is 20.9. The number of carboxylic acid groups (broad SMARTS) is 1. The van der Waals surface area contributed by atoms with Crippen molar-refractivity contribution in [2.45, 2.75) is 116 Å². The van der Waals surface area contributed by atoms with E-state index in [9.17, 15) is 9.59 Å². The first kappa shape index (κ1) is 28.4. The summed E-state index contributed by atoms with van der Waals surface area (Å²) in [5.74, 6) is -1.90. The lowest BCUT2D eigenvalue weighted by Crippen LogP contribution is -2.21. The number of hydrogen-bond acceptors (Lipinski definition) is 3. The number of ether oxygens (including phenoxy) is 1. The highest BCUT2D eigenvalue weighted by Crippen LogP contribution is 2.18. The molecule has 0 fully saturated rings. The quantitative estimate of drug-likeness (QED) is 0.111. The fourth-order valence-corrected chi connectivity index (χ4v) is 3.59. The zero-order valence-electron chi connectivity index (χ0n) is 19.4. The molecular weight excluding hydrogens is 376 g/mol. The number of carbonyl (C=O) groups excluding carboxylic acids is 1. The molecule has 0 saturated heterocycles. The Morgan fingerprint density at radius 2 is 1.33 bits per heavy atom. The van der Waals surface area contributed by atoms with Crippen LogP contribution >= 0.6 is 0 Å². The largest absolute Gasteiger partial charge is 0.481 e. The molecule has 0 rings (SSSR count). The molecule has 0 aromatic rings. The maximum Gasteiger partial charge on any atom is 0.309 e. The van der Waals surface area contributed by atoms with Gasteiger partial charge in [0.05, 0.1) is 12.3 Å². The molecule has 0 amide bonds. The predicted molar refractivity (Wildman–Crippen MR) is 126 cm³/mol. The summed E-state index contributed by atoms with van der Waals surface area (Å²) >= 11 is 0. The molecular formula is C26H46O4. The highest BCUT2D eigenvalue weighted by Gasteiger charge is 2.22. The molecule has 0 spiro atoms. The zero-order valence-corrected chi connectivity index (χ0v) is 19.4. The molecule has 0 aromatic carbocycles. The Bertz CT molecular complexity index is 456. The van der Waals surface area contributed by atoms with Gasteiger partial charge in [0.15, 0.2) is 0 Å². The van der Waals surface area contributed by atoms with E-state index in [0.717, 1.165) is 19.3 Å². The van der Waals surface area contributed by atoms with Crippen molar-refractivity contribution < 1.29 is 19.4 Å². The lowest BCUT2D eigenvalue weighted by molar-refractivity contribution is -0.152. The van der Waals surface area contributed by atoms with Gasteiger partial charge in [-0.05, 0) is 32.1 Å². The first-order chi connectivity index (χ1) is 14.6. The van der Waals surface area contributed by atoms with Gasteiger partial charge in [-0.25, -0.2) is 0 Å². The summed E-state index contributed by atoms with van der Waals surface area (Å²) in [6.07, 6.45) is 25.3. The van der Waals surface area contributed by atoms with Crippen LogP contribution in [-0.2, 0) is 14.3 Å². The average Bonchev–Trinajstić information content (AvgIpc) is 2.73. The molecule has 0 aliphatic heterocycles. The van der Waals surface area contributed by atoms with Crippen molar-refractivity contribution in [1.29, 1.82) is 0 Å². The molecule has 174 valence electrons. The SMILES string of the molecule is C=CCOC(=O)C(CCCCCCCCC/C=C/CCCCCCCC)CC(=O)O. The molecule has 4 nitrogen and oxygen atoms in total. The first-order valence-electron chi connectivity index (χ1n) is 12.3. The maximum atomic E-state index is 11.9. The van der Waals surface area contributed by atoms with E-state index >= 15 is 0 Å². The van der Waals surface area contributed by atoms with Gasteiger partial charge in [0, 0.05) is 0 Å². The number of allylic oxidation sites excluding steroid dienone is 2. The maximum absolute atomic E-state index is 11.9. The van der Waals surface area contributed by atoms with E-state index in [-0.39, 0.29) is 13.0 Å². The van der Waals surface area contributed by atoms with Crippen molar-refractivity contribution in [2.24, 2.45) is 5.92 Å². The van der Waals surface area contributed by atoms with Crippen molar-refractivity contribution in [3.8, 4) is 0 Å². The van der Waals surface area contributed by atoms with Gasteiger partial charge in [0.25, 0.3) is 0 Å². The van der Waals surface area contributed by atoms with Crippen LogP contribution in [0, 0.1) is 5.92 Å². The van der Waals surface area contributed by atoms with E-state index in [4.69, 9.17) is 9.84 Å². The molecule has 30 heavy (non-hydrogen) atoms. The van der Waals surface area contributed by atoms with Crippen molar-refractivity contribution in [3.63, 3.8) is 0 Å². The molecule has 0 aromatic heterocycles. The van der Waals surface area contributed by atoms with Gasteiger partial charge >= 0.3 is 11.9 Å². The van der Waals surface area contributed by atoms with Gasteiger partial charge in [0.2, 0.25) is 0 Å². The fraction of sp³-hybridized carbons (Fsp3) is 0.769. The lowest BCUT2D eigenvalue weighted by Gasteiger charge is -2.13. The summed E-state index contributed by atoms with van der Waals surface area (Å²) < 4.78 is 5.01. The van der Waals surface area contributed by atoms with Crippen molar-refractivity contribution in [1.82, 2.24) is 0 Å². The monoisotopic (exact) mass is 422 g/mol. The normalized spacial score (nSPS) is 12.2. The Morgan fingerprint density at radius 1 is 0.833 bits per heavy atom. The number of unbranched alkanes of at least 4 members (excludes halogenated alkanes) is 13. The third-order valence-corrected chi connectivity index (χ3v) is 5.41. The molecule has 0 saturated carbocycles. The van der Waals surface area contributed by atoms with E-state index in [0.29, 0.717) is 6.42 Å². The van der Waals surface area contributed by atoms with Gasteiger partial charge in [-0.15, -0.1) is 0 Å².